The number of aliphatic hydroxyl groups is 1. The molecular weight excluding hydrogens is 436 g/mol. The summed E-state index contributed by atoms with van der Waals surface area (Å²) >= 11 is 1.61. The lowest BCUT2D eigenvalue weighted by Crippen LogP contribution is -2.55. The molecule has 1 aliphatic heterocycles. The Bertz CT molecular complexity index is 957. The molecule has 2 aromatic rings. The molecule has 2 heterocycles. The minimum atomic E-state index is -0.700. The third-order valence-electron chi connectivity index (χ3n) is 6.09. The Morgan fingerprint density at radius 3 is 2.36 bits per heavy atom. The number of rotatable bonds is 8. The van der Waals surface area contributed by atoms with Gasteiger partial charge in [0.05, 0.1) is 34.3 Å². The van der Waals surface area contributed by atoms with Gasteiger partial charge in [-0.15, -0.1) is 11.3 Å². The quantitative estimate of drug-likeness (QED) is 0.548. The molecule has 2 amide bonds. The fourth-order valence-corrected chi connectivity index (χ4v) is 5.10. The topological polar surface area (TPSA) is 94.6 Å². The van der Waals surface area contributed by atoms with Crippen LogP contribution in [-0.4, -0.2) is 57.6 Å². The van der Waals surface area contributed by atoms with Crippen molar-refractivity contribution >= 4 is 23.2 Å². The zero-order valence-electron chi connectivity index (χ0n) is 20.3. The van der Waals surface area contributed by atoms with Crippen LogP contribution in [0, 0.1) is 12.8 Å². The van der Waals surface area contributed by atoms with Gasteiger partial charge in [-0.2, -0.15) is 0 Å². The van der Waals surface area contributed by atoms with Gasteiger partial charge in [0, 0.05) is 19.0 Å². The van der Waals surface area contributed by atoms with E-state index in [0.29, 0.717) is 0 Å². The van der Waals surface area contributed by atoms with E-state index in [-0.39, 0.29) is 42.8 Å². The molecule has 1 aromatic carbocycles. The third-order valence-corrected chi connectivity index (χ3v) is 7.07. The highest BCUT2D eigenvalue weighted by molar-refractivity contribution is 7.13. The van der Waals surface area contributed by atoms with Crippen LogP contribution >= 0.6 is 11.3 Å². The van der Waals surface area contributed by atoms with Crippen LogP contribution in [0.4, 0.5) is 0 Å². The average Bonchev–Trinajstić information content (AvgIpc) is 3.36. The zero-order chi connectivity index (χ0) is 24.3. The Morgan fingerprint density at radius 2 is 1.82 bits per heavy atom. The molecule has 1 aromatic heterocycles. The fraction of sp³-hybridized carbons (Fsp3) is 0.560. The van der Waals surface area contributed by atoms with Crippen molar-refractivity contribution in [3.63, 3.8) is 0 Å². The molecular formula is C25H36N4O3S. The van der Waals surface area contributed by atoms with E-state index < -0.39 is 18.2 Å². The number of hydrogen-bond acceptors (Lipinski definition) is 6. The SMILES string of the molecule is Cc1ncsc1-c1ccc([C@H](C)NC(=O)[C@@H]2C[C@@H](O)CN2C(=O)[C@@H](NC(C)C)C(C)C)cc1. The lowest BCUT2D eigenvalue weighted by molar-refractivity contribution is -0.141. The fourth-order valence-electron chi connectivity index (χ4n) is 4.29. The molecule has 3 N–H and O–H groups in total. The molecule has 0 radical (unpaired) electrons. The Balaban J connectivity index is 1.69. The van der Waals surface area contributed by atoms with E-state index in [9.17, 15) is 14.7 Å². The summed E-state index contributed by atoms with van der Waals surface area (Å²) in [5.74, 6) is -0.296. The number of nitrogens with zero attached hydrogens (tertiary/aromatic N) is 2. The molecule has 1 fully saturated rings. The average molecular weight is 473 g/mol. The van der Waals surface area contributed by atoms with E-state index in [1.165, 1.54) is 0 Å². The largest absolute Gasteiger partial charge is 0.391 e. The van der Waals surface area contributed by atoms with E-state index in [0.717, 1.165) is 21.7 Å². The number of nitrogens with one attached hydrogen (secondary N) is 2. The second-order valence-electron chi connectivity index (χ2n) is 9.56. The number of likely N-dealkylation sites (tertiary alicyclic amines) is 1. The van der Waals surface area contributed by atoms with E-state index in [1.807, 2.05) is 71.3 Å². The van der Waals surface area contributed by atoms with Crippen molar-refractivity contribution in [1.29, 1.82) is 0 Å². The normalized spacial score (nSPS) is 20.3. The standard InChI is InChI=1S/C25H36N4O3S/c1-14(2)22(27-15(3)4)25(32)29-12-20(30)11-21(29)24(31)28-16(5)18-7-9-19(10-8-18)23-17(6)26-13-33-23/h7-10,13-16,20-22,27,30H,11-12H2,1-6H3,(H,28,31)/t16-,20+,21-,22-/m0/s1. The molecule has 33 heavy (non-hydrogen) atoms. The minimum Gasteiger partial charge on any atom is -0.391 e. The van der Waals surface area contributed by atoms with Crippen molar-refractivity contribution in [1.82, 2.24) is 20.5 Å². The van der Waals surface area contributed by atoms with Gasteiger partial charge in [0.1, 0.15) is 6.04 Å². The van der Waals surface area contributed by atoms with Crippen molar-refractivity contribution in [3.05, 3.63) is 41.0 Å². The van der Waals surface area contributed by atoms with Crippen LogP contribution < -0.4 is 10.6 Å². The number of aromatic nitrogens is 1. The summed E-state index contributed by atoms with van der Waals surface area (Å²) in [5.41, 5.74) is 4.92. The maximum Gasteiger partial charge on any atom is 0.243 e. The molecule has 8 heteroatoms. The number of benzene rings is 1. The maximum atomic E-state index is 13.3. The first-order valence-electron chi connectivity index (χ1n) is 11.6. The summed E-state index contributed by atoms with van der Waals surface area (Å²) in [6.07, 6.45) is -0.450. The van der Waals surface area contributed by atoms with E-state index in [1.54, 1.807) is 16.2 Å². The Morgan fingerprint density at radius 1 is 1.15 bits per heavy atom. The Hall–Kier alpha value is -2.29. The molecule has 1 saturated heterocycles. The van der Waals surface area contributed by atoms with Gasteiger partial charge in [-0.3, -0.25) is 9.59 Å². The lowest BCUT2D eigenvalue weighted by Gasteiger charge is -2.32. The smallest absolute Gasteiger partial charge is 0.243 e. The molecule has 3 rings (SSSR count). The summed E-state index contributed by atoms with van der Waals surface area (Å²) in [4.78, 5) is 33.4. The summed E-state index contributed by atoms with van der Waals surface area (Å²) in [6.45, 7) is 12.1. The number of carbonyl (C=O) groups excluding carboxylic acids is 2. The number of carbonyl (C=O) groups is 2. The van der Waals surface area contributed by atoms with Gasteiger partial charge >= 0.3 is 0 Å². The molecule has 0 saturated carbocycles. The molecule has 0 spiro atoms. The predicted octanol–water partition coefficient (Wildman–Crippen LogP) is 3.28. The number of amides is 2. The van der Waals surface area contributed by atoms with Crippen molar-refractivity contribution in [3.8, 4) is 10.4 Å². The van der Waals surface area contributed by atoms with Gasteiger partial charge in [-0.05, 0) is 30.9 Å². The van der Waals surface area contributed by atoms with Crippen molar-refractivity contribution in [2.75, 3.05) is 6.54 Å². The van der Waals surface area contributed by atoms with Crippen molar-refractivity contribution in [2.24, 2.45) is 5.92 Å². The van der Waals surface area contributed by atoms with Crippen LogP contribution in [0.5, 0.6) is 0 Å². The van der Waals surface area contributed by atoms with Gasteiger partial charge in [-0.1, -0.05) is 52.0 Å². The highest BCUT2D eigenvalue weighted by Gasteiger charge is 2.42. The number of aliphatic hydroxyl groups excluding tert-OH is 1. The molecule has 180 valence electrons. The van der Waals surface area contributed by atoms with Gasteiger partial charge in [-0.25, -0.2) is 4.98 Å². The first-order valence-corrected chi connectivity index (χ1v) is 12.5. The second-order valence-corrected chi connectivity index (χ2v) is 10.4. The third kappa shape index (κ3) is 5.99. The summed E-state index contributed by atoms with van der Waals surface area (Å²) in [7, 11) is 0. The van der Waals surface area contributed by atoms with Crippen LogP contribution in [0.3, 0.4) is 0 Å². The predicted molar refractivity (Wildman–Crippen MR) is 132 cm³/mol. The first kappa shape index (κ1) is 25.3. The first-order chi connectivity index (χ1) is 15.6. The Kier molecular flexibility index (Phi) is 8.26. The minimum absolute atomic E-state index is 0.0703. The molecule has 0 aliphatic carbocycles. The number of aryl methyl sites for hydroxylation is 1. The molecule has 7 nitrogen and oxygen atoms in total. The van der Waals surface area contributed by atoms with E-state index in [2.05, 4.69) is 15.6 Å². The number of hydrogen-bond donors (Lipinski definition) is 3. The molecule has 4 atom stereocenters. The van der Waals surface area contributed by atoms with E-state index in [4.69, 9.17) is 0 Å². The van der Waals surface area contributed by atoms with Gasteiger partial charge < -0.3 is 20.6 Å². The van der Waals surface area contributed by atoms with Crippen LogP contribution in [0.1, 0.15) is 58.3 Å². The molecule has 1 aliphatic rings. The number of thiazole rings is 1. The van der Waals surface area contributed by atoms with Gasteiger partial charge in [0.15, 0.2) is 0 Å². The monoisotopic (exact) mass is 472 g/mol. The van der Waals surface area contributed by atoms with Crippen molar-refractivity contribution < 1.29 is 14.7 Å². The van der Waals surface area contributed by atoms with Crippen LogP contribution in [-0.2, 0) is 9.59 Å². The lowest BCUT2D eigenvalue weighted by atomic mass is 10.0. The van der Waals surface area contributed by atoms with Crippen LogP contribution in [0.25, 0.3) is 10.4 Å². The highest BCUT2D eigenvalue weighted by atomic mass is 32.1. The second kappa shape index (κ2) is 10.8. The van der Waals surface area contributed by atoms with Gasteiger partial charge in [0.25, 0.3) is 0 Å². The van der Waals surface area contributed by atoms with Crippen LogP contribution in [0.2, 0.25) is 0 Å². The van der Waals surface area contributed by atoms with Crippen LogP contribution in [0.15, 0.2) is 29.8 Å². The van der Waals surface area contributed by atoms with Gasteiger partial charge in [0.2, 0.25) is 11.8 Å². The molecule has 0 unspecified atom stereocenters. The summed E-state index contributed by atoms with van der Waals surface area (Å²) in [5, 5.41) is 16.6. The summed E-state index contributed by atoms with van der Waals surface area (Å²) < 4.78 is 0. The Labute approximate surface area is 200 Å². The van der Waals surface area contributed by atoms with E-state index >= 15 is 0 Å². The zero-order valence-corrected chi connectivity index (χ0v) is 21.1. The molecule has 0 bridgehead atoms. The van der Waals surface area contributed by atoms with Crippen molar-refractivity contribution in [2.45, 2.75) is 78.2 Å². The number of β-amino-alcohol motifs (C(OH)–C–C–N with tert-alkyl or cyclic N) is 1. The highest BCUT2D eigenvalue weighted by Crippen LogP contribution is 2.28. The maximum absolute atomic E-state index is 13.3. The summed E-state index contributed by atoms with van der Waals surface area (Å²) in [6, 6.07) is 6.93.